The van der Waals surface area contributed by atoms with Gasteiger partial charge in [-0.2, -0.15) is 8.42 Å². The number of ether oxygens (including phenoxy) is 2. The highest BCUT2D eigenvalue weighted by Crippen LogP contribution is 2.66. The number of hydrogen-bond donors (Lipinski definition) is 1. The van der Waals surface area contributed by atoms with Gasteiger partial charge in [-0.05, 0) is 130 Å². The zero-order chi connectivity index (χ0) is 22.6. The predicted molar refractivity (Wildman–Crippen MR) is 137 cm³/mol. The van der Waals surface area contributed by atoms with Crippen LogP contribution in [0.15, 0.2) is 12.1 Å². The molecule has 0 amide bonds. The summed E-state index contributed by atoms with van der Waals surface area (Å²) in [4.78, 5) is 26.5. The molecule has 31 heavy (non-hydrogen) atoms. The third kappa shape index (κ3) is 5.04. The van der Waals surface area contributed by atoms with E-state index in [0.29, 0.717) is 37.9 Å². The minimum atomic E-state index is -4.20. The van der Waals surface area contributed by atoms with E-state index in [1.165, 1.54) is 0 Å². The average molecular weight is 786 g/mol. The largest absolute Gasteiger partial charge is 0.464 e. The van der Waals surface area contributed by atoms with Gasteiger partial charge in [0.1, 0.15) is 12.4 Å². The van der Waals surface area contributed by atoms with Crippen molar-refractivity contribution in [3.8, 4) is 5.75 Å². The Kier molecular flexibility index (Phi) is 6.92. The molecule has 170 valence electrons. The van der Waals surface area contributed by atoms with Crippen LogP contribution in [0.4, 0.5) is 0 Å². The molecule has 1 N–H and O–H groups in total. The molecule has 0 aromatic heterocycles. The molecule has 0 spiro atoms. The van der Waals surface area contributed by atoms with Crippen molar-refractivity contribution in [2.24, 2.45) is 22.7 Å². The van der Waals surface area contributed by atoms with Gasteiger partial charge < -0.3 is 9.47 Å². The number of hydrogen-bond acceptors (Lipinski definition) is 6. The minimum absolute atomic E-state index is 0.248. The first-order chi connectivity index (χ1) is 14.4. The lowest BCUT2D eigenvalue weighted by molar-refractivity contribution is -0.189. The molecule has 0 radical (unpaired) electrons. The van der Waals surface area contributed by atoms with Gasteiger partial charge in [-0.25, -0.2) is 0 Å². The molecule has 7 nitrogen and oxygen atoms in total. The van der Waals surface area contributed by atoms with E-state index in [4.69, 9.17) is 14.0 Å². The van der Waals surface area contributed by atoms with Gasteiger partial charge in [0.25, 0.3) is 10.1 Å². The zero-order valence-corrected chi connectivity index (χ0v) is 23.7. The monoisotopic (exact) mass is 786 g/mol. The van der Waals surface area contributed by atoms with E-state index in [2.05, 4.69) is 67.8 Å². The molecule has 2 atom stereocenters. The van der Waals surface area contributed by atoms with Crippen molar-refractivity contribution in [1.82, 2.24) is 0 Å². The highest BCUT2D eigenvalue weighted by molar-refractivity contribution is 14.1. The third-order valence-corrected chi connectivity index (χ3v) is 9.57. The maximum absolute atomic E-state index is 13.5. The van der Waals surface area contributed by atoms with E-state index in [9.17, 15) is 18.0 Å². The number of carbonyl (C=O) groups excluding carboxylic acids is 2. The Bertz CT molecular complexity index is 1000. The fourth-order valence-electron chi connectivity index (χ4n) is 5.96. The maximum Gasteiger partial charge on any atom is 0.317 e. The number of carbonyl (C=O) groups is 2. The topological polar surface area (TPSA) is 107 Å². The van der Waals surface area contributed by atoms with Crippen LogP contribution in [0.2, 0.25) is 0 Å². The molecule has 4 fully saturated rings. The summed E-state index contributed by atoms with van der Waals surface area (Å²) in [6, 6.07) is 3.92. The molecular formula is C20H21I3O7S. The standard InChI is InChI=1S/C20H21I3O7S/c21-13-4-14(22)16(15(23)5-13)30-18(25)20-8-11-3-12(9-20)7-19(6-11,10-20)17(24)29-1-2-31(26,27)28/h4-5,11-12H,1-3,6-10H2,(H,26,27,28). The van der Waals surface area contributed by atoms with Crippen LogP contribution in [0.3, 0.4) is 0 Å². The highest BCUT2D eigenvalue weighted by atomic mass is 127. The van der Waals surface area contributed by atoms with Gasteiger partial charge in [-0.3, -0.25) is 14.1 Å². The molecule has 0 saturated heterocycles. The molecule has 4 bridgehead atoms. The molecule has 0 heterocycles. The molecule has 2 unspecified atom stereocenters. The molecule has 4 aliphatic carbocycles. The summed E-state index contributed by atoms with van der Waals surface area (Å²) in [7, 11) is -4.20. The summed E-state index contributed by atoms with van der Waals surface area (Å²) in [5.41, 5.74) is -1.50. The summed E-state index contributed by atoms with van der Waals surface area (Å²) in [6.07, 6.45) is 4.09. The smallest absolute Gasteiger partial charge is 0.317 e. The molecule has 1 aromatic carbocycles. The molecule has 5 rings (SSSR count). The third-order valence-electron chi connectivity index (χ3n) is 6.66. The van der Waals surface area contributed by atoms with Gasteiger partial charge in [0.05, 0.1) is 18.0 Å². The SMILES string of the molecule is O=C(OCCS(=O)(=O)O)C12CC3CC(C1)CC(C(=O)Oc1c(I)cc(I)cc1I)(C3)C2. The van der Waals surface area contributed by atoms with E-state index in [0.717, 1.165) is 17.1 Å². The number of halogens is 3. The van der Waals surface area contributed by atoms with Crippen molar-refractivity contribution in [1.29, 1.82) is 0 Å². The molecule has 1 aromatic rings. The van der Waals surface area contributed by atoms with Gasteiger partial charge in [0, 0.05) is 3.57 Å². The van der Waals surface area contributed by atoms with E-state index in [1.807, 2.05) is 12.1 Å². The van der Waals surface area contributed by atoms with Gasteiger partial charge >= 0.3 is 11.9 Å². The first kappa shape index (κ1) is 24.4. The number of benzene rings is 1. The van der Waals surface area contributed by atoms with Gasteiger partial charge in [0.15, 0.2) is 5.75 Å². The Labute approximate surface area is 221 Å². The number of rotatable bonds is 6. The Morgan fingerprint density at radius 2 is 1.52 bits per heavy atom. The normalized spacial score (nSPS) is 31.5. The minimum Gasteiger partial charge on any atom is -0.464 e. The van der Waals surface area contributed by atoms with Crippen molar-refractivity contribution in [2.45, 2.75) is 38.5 Å². The van der Waals surface area contributed by atoms with E-state index < -0.39 is 32.7 Å². The van der Waals surface area contributed by atoms with Gasteiger partial charge in [-0.1, -0.05) is 0 Å². The fraction of sp³-hybridized carbons (Fsp3) is 0.600. The highest BCUT2D eigenvalue weighted by Gasteiger charge is 2.64. The van der Waals surface area contributed by atoms with Crippen LogP contribution in [0.5, 0.6) is 5.75 Å². The summed E-state index contributed by atoms with van der Waals surface area (Å²) in [5.74, 6) is -0.309. The Hall–Kier alpha value is 0.260. The van der Waals surface area contributed by atoms with Crippen LogP contribution < -0.4 is 4.74 Å². The van der Waals surface area contributed by atoms with Crippen LogP contribution in [0.25, 0.3) is 0 Å². The van der Waals surface area contributed by atoms with E-state index in [1.54, 1.807) is 0 Å². The first-order valence-electron chi connectivity index (χ1n) is 9.91. The van der Waals surface area contributed by atoms with E-state index >= 15 is 0 Å². The lowest BCUT2D eigenvalue weighted by Crippen LogP contribution is -2.58. The summed E-state index contributed by atoms with van der Waals surface area (Å²) >= 11 is 6.56. The van der Waals surface area contributed by atoms with Crippen molar-refractivity contribution >= 4 is 89.8 Å². The summed E-state index contributed by atoms with van der Waals surface area (Å²) < 4.78 is 44.8. The van der Waals surface area contributed by atoms with Crippen LogP contribution in [0.1, 0.15) is 38.5 Å². The maximum atomic E-state index is 13.5. The van der Waals surface area contributed by atoms with Crippen molar-refractivity contribution in [3.05, 3.63) is 22.8 Å². The Morgan fingerprint density at radius 3 is 2.03 bits per heavy atom. The molecule has 0 aliphatic heterocycles. The second-order valence-corrected chi connectivity index (χ2v) is 14.2. The van der Waals surface area contributed by atoms with Gasteiger partial charge in [0.2, 0.25) is 0 Å². The van der Waals surface area contributed by atoms with Crippen LogP contribution in [-0.2, 0) is 24.4 Å². The van der Waals surface area contributed by atoms with Crippen molar-refractivity contribution < 1.29 is 32.0 Å². The quantitative estimate of drug-likeness (QED) is 0.197. The molecule has 4 aliphatic rings. The Balaban J connectivity index is 1.55. The van der Waals surface area contributed by atoms with Crippen molar-refractivity contribution in [3.63, 3.8) is 0 Å². The van der Waals surface area contributed by atoms with Crippen LogP contribution >= 0.6 is 67.8 Å². The first-order valence-corrected chi connectivity index (χ1v) is 14.8. The summed E-state index contributed by atoms with van der Waals surface area (Å²) in [5, 5.41) is 0. The van der Waals surface area contributed by atoms with Gasteiger partial charge in [-0.15, -0.1) is 0 Å². The predicted octanol–water partition coefficient (Wildman–Crippen LogP) is 4.42. The second-order valence-electron chi connectivity index (χ2n) is 9.03. The molecular weight excluding hydrogens is 765 g/mol. The summed E-state index contributed by atoms with van der Waals surface area (Å²) in [6.45, 7) is -0.384. The zero-order valence-electron chi connectivity index (χ0n) is 16.4. The lowest BCUT2D eigenvalue weighted by atomic mass is 9.44. The number of esters is 2. The van der Waals surface area contributed by atoms with Crippen LogP contribution in [-0.4, -0.2) is 37.3 Å². The molecule has 4 saturated carbocycles. The fourth-order valence-corrected chi connectivity index (χ4v) is 10.1. The van der Waals surface area contributed by atoms with E-state index in [-0.39, 0.29) is 24.4 Å². The van der Waals surface area contributed by atoms with Crippen molar-refractivity contribution in [2.75, 3.05) is 12.4 Å². The second kappa shape index (κ2) is 8.80. The lowest BCUT2D eigenvalue weighted by Gasteiger charge is -2.59. The molecule has 11 heteroatoms. The average Bonchev–Trinajstić information content (AvgIpc) is 2.62. The Morgan fingerprint density at radius 1 is 1.00 bits per heavy atom. The van der Waals surface area contributed by atoms with Crippen LogP contribution in [0, 0.1) is 33.4 Å².